The van der Waals surface area contributed by atoms with Crippen molar-refractivity contribution in [1.82, 2.24) is 0 Å². The molecule has 0 N–H and O–H groups in total. The van der Waals surface area contributed by atoms with E-state index in [1.165, 1.54) is 77.5 Å². The molecular weight excluding hydrogens is 775 g/mol. The lowest BCUT2D eigenvalue weighted by Crippen LogP contribution is -2.25. The minimum Gasteiger partial charge on any atom is -0.455 e. The number of nitrogens with zero attached hydrogens (tertiary/aromatic N) is 1. The summed E-state index contributed by atoms with van der Waals surface area (Å²) in [5.41, 5.74) is 22.6. The Hall–Kier alpha value is -7.94. The number of rotatable bonds is 4. The van der Waals surface area contributed by atoms with Gasteiger partial charge in [-0.1, -0.05) is 178 Å². The third-order valence-electron chi connectivity index (χ3n) is 14.9. The average Bonchev–Trinajstić information content (AvgIpc) is 4.03. The molecule has 0 saturated heterocycles. The molecule has 11 aromatic rings. The Bertz CT molecular complexity index is 3710. The van der Waals surface area contributed by atoms with Crippen LogP contribution >= 0.6 is 0 Å². The van der Waals surface area contributed by atoms with Crippen LogP contribution in [0.1, 0.15) is 47.2 Å². The van der Waals surface area contributed by atoms with Gasteiger partial charge in [0.1, 0.15) is 11.2 Å². The molecule has 0 radical (unpaired) electrons. The molecule has 3 aliphatic carbocycles. The van der Waals surface area contributed by atoms with Crippen molar-refractivity contribution in [3.8, 4) is 44.5 Å². The summed E-state index contributed by atoms with van der Waals surface area (Å²) in [5, 5.41) is 4.55. The molecule has 3 aliphatic rings. The lowest BCUT2D eigenvalue weighted by molar-refractivity contribution is 0.660. The molecule has 1 aromatic heterocycles. The second-order valence-electron chi connectivity index (χ2n) is 18.3. The molecule has 0 amide bonds. The first-order valence-corrected chi connectivity index (χ1v) is 22.4. The minimum atomic E-state index is -0.443. The van der Waals surface area contributed by atoms with Crippen molar-refractivity contribution in [3.05, 3.63) is 246 Å². The zero-order valence-corrected chi connectivity index (χ0v) is 35.6. The van der Waals surface area contributed by atoms with Crippen LogP contribution in [0.3, 0.4) is 0 Å². The number of furan rings is 1. The van der Waals surface area contributed by atoms with Gasteiger partial charge in [-0.2, -0.15) is 0 Å². The van der Waals surface area contributed by atoms with Crippen LogP contribution in [0, 0.1) is 0 Å². The van der Waals surface area contributed by atoms with Gasteiger partial charge in [0, 0.05) is 27.7 Å². The Labute approximate surface area is 372 Å². The van der Waals surface area contributed by atoms with Gasteiger partial charge < -0.3 is 9.32 Å². The van der Waals surface area contributed by atoms with Gasteiger partial charge >= 0.3 is 0 Å². The molecule has 300 valence electrons. The first kappa shape index (κ1) is 35.6. The Morgan fingerprint density at radius 3 is 1.66 bits per heavy atom. The van der Waals surface area contributed by atoms with Gasteiger partial charge in [-0.15, -0.1) is 0 Å². The highest BCUT2D eigenvalue weighted by Crippen LogP contribution is 2.63. The number of hydrogen-bond donors (Lipinski definition) is 0. The number of hydrogen-bond acceptors (Lipinski definition) is 2. The highest BCUT2D eigenvalue weighted by atomic mass is 16.3. The minimum absolute atomic E-state index is 0.134. The third kappa shape index (κ3) is 4.54. The SMILES string of the molecule is CC1(C)c2ccccc2-c2ccc(N(c3ccccc3)c3cccc4oc5c(-c6ccc7c(c6)C6(c8ccccc8-c8ccccc86)c6ccccc6-7)c6ccccc6cc5c34)cc21. The van der Waals surface area contributed by atoms with E-state index < -0.39 is 5.41 Å². The zero-order chi connectivity index (χ0) is 42.3. The summed E-state index contributed by atoms with van der Waals surface area (Å²) in [7, 11) is 0. The fourth-order valence-corrected chi connectivity index (χ4v) is 12.2. The molecular formula is C62H41NO. The summed E-state index contributed by atoms with van der Waals surface area (Å²) in [6.45, 7) is 4.71. The molecule has 0 saturated carbocycles. The Balaban J connectivity index is 1.03. The molecule has 2 nitrogen and oxygen atoms in total. The predicted molar refractivity (Wildman–Crippen MR) is 265 cm³/mol. The van der Waals surface area contributed by atoms with Crippen LogP contribution in [0.25, 0.3) is 77.2 Å². The van der Waals surface area contributed by atoms with Gasteiger partial charge in [0.2, 0.25) is 0 Å². The van der Waals surface area contributed by atoms with E-state index in [4.69, 9.17) is 4.42 Å². The number of para-hydroxylation sites is 1. The quantitative estimate of drug-likeness (QED) is 0.176. The van der Waals surface area contributed by atoms with E-state index in [2.05, 4.69) is 231 Å². The van der Waals surface area contributed by atoms with Gasteiger partial charge in [-0.25, -0.2) is 0 Å². The molecule has 14 rings (SSSR count). The van der Waals surface area contributed by atoms with Crippen LogP contribution in [-0.4, -0.2) is 0 Å². The number of anilines is 3. The largest absolute Gasteiger partial charge is 0.455 e. The van der Waals surface area contributed by atoms with E-state index in [9.17, 15) is 0 Å². The van der Waals surface area contributed by atoms with Gasteiger partial charge in [0.25, 0.3) is 0 Å². The lowest BCUT2D eigenvalue weighted by atomic mass is 9.70. The monoisotopic (exact) mass is 815 g/mol. The summed E-state index contributed by atoms with van der Waals surface area (Å²) in [6, 6.07) is 78.7. The maximum atomic E-state index is 7.24. The van der Waals surface area contributed by atoms with Gasteiger partial charge in [0.15, 0.2) is 0 Å². The summed E-state index contributed by atoms with van der Waals surface area (Å²) in [6.07, 6.45) is 0. The second kappa shape index (κ2) is 12.8. The normalized spacial score (nSPS) is 14.3. The maximum Gasteiger partial charge on any atom is 0.143 e. The van der Waals surface area contributed by atoms with E-state index in [0.717, 1.165) is 50.1 Å². The van der Waals surface area contributed by atoms with Crippen LogP contribution in [0.15, 0.2) is 217 Å². The lowest BCUT2D eigenvalue weighted by Gasteiger charge is -2.30. The van der Waals surface area contributed by atoms with Crippen LogP contribution < -0.4 is 4.90 Å². The third-order valence-corrected chi connectivity index (χ3v) is 14.9. The van der Waals surface area contributed by atoms with Gasteiger partial charge in [-0.3, -0.25) is 0 Å². The van der Waals surface area contributed by atoms with Gasteiger partial charge in [-0.05, 0) is 132 Å². The van der Waals surface area contributed by atoms with Crippen molar-refractivity contribution >= 4 is 49.8 Å². The van der Waals surface area contributed by atoms with Crippen molar-refractivity contribution in [2.24, 2.45) is 0 Å². The average molecular weight is 816 g/mol. The number of benzene rings is 10. The predicted octanol–water partition coefficient (Wildman–Crippen LogP) is 16.5. The van der Waals surface area contributed by atoms with E-state index in [1.54, 1.807) is 0 Å². The fourth-order valence-electron chi connectivity index (χ4n) is 12.2. The number of fused-ring (bicyclic) bond motifs is 17. The molecule has 0 atom stereocenters. The van der Waals surface area contributed by atoms with E-state index in [0.29, 0.717) is 0 Å². The van der Waals surface area contributed by atoms with Crippen LogP contribution in [0.5, 0.6) is 0 Å². The standard InChI is InChI=1S/C62H41NO/c1-61(2)50-25-12-8-21-43(50)47-34-32-41(37-54(47)61)63(40-18-4-3-5-19-40)56-29-16-30-57-59(56)49-35-38-17-6-7-20-42(38)58(60(49)64-57)39-31-33-48-46-24-11-15-28-53(46)62(55(48)36-39)51-26-13-9-22-44(51)45-23-10-14-27-52(45)62/h3-37H,1-2H3. The molecule has 10 aromatic carbocycles. The van der Waals surface area contributed by atoms with Crippen LogP contribution in [-0.2, 0) is 10.8 Å². The Kier molecular flexibility index (Phi) is 7.13. The first-order valence-electron chi connectivity index (χ1n) is 22.4. The van der Waals surface area contributed by atoms with E-state index in [-0.39, 0.29) is 5.41 Å². The summed E-state index contributed by atoms with van der Waals surface area (Å²) in [4.78, 5) is 2.43. The summed E-state index contributed by atoms with van der Waals surface area (Å²) >= 11 is 0. The molecule has 0 bridgehead atoms. The van der Waals surface area contributed by atoms with E-state index in [1.807, 2.05) is 0 Å². The van der Waals surface area contributed by atoms with Crippen molar-refractivity contribution in [2.45, 2.75) is 24.7 Å². The summed E-state index contributed by atoms with van der Waals surface area (Å²) in [5.74, 6) is 0. The Morgan fingerprint density at radius 1 is 0.391 bits per heavy atom. The first-order chi connectivity index (χ1) is 31.5. The van der Waals surface area contributed by atoms with Crippen molar-refractivity contribution < 1.29 is 4.42 Å². The molecule has 2 heteroatoms. The maximum absolute atomic E-state index is 7.24. The fraction of sp³-hybridized carbons (Fsp3) is 0.0645. The second-order valence-corrected chi connectivity index (χ2v) is 18.3. The molecule has 0 unspecified atom stereocenters. The molecule has 1 heterocycles. The molecule has 64 heavy (non-hydrogen) atoms. The van der Waals surface area contributed by atoms with E-state index >= 15 is 0 Å². The zero-order valence-electron chi connectivity index (χ0n) is 35.6. The van der Waals surface area contributed by atoms with Crippen molar-refractivity contribution in [1.29, 1.82) is 0 Å². The topological polar surface area (TPSA) is 16.4 Å². The van der Waals surface area contributed by atoms with Crippen LogP contribution in [0.4, 0.5) is 17.1 Å². The van der Waals surface area contributed by atoms with Crippen molar-refractivity contribution in [3.63, 3.8) is 0 Å². The Morgan fingerprint density at radius 2 is 0.953 bits per heavy atom. The molecule has 1 spiro atoms. The smallest absolute Gasteiger partial charge is 0.143 e. The van der Waals surface area contributed by atoms with Gasteiger partial charge in [0.05, 0.1) is 16.5 Å². The highest BCUT2D eigenvalue weighted by Gasteiger charge is 2.51. The van der Waals surface area contributed by atoms with Crippen LogP contribution in [0.2, 0.25) is 0 Å². The van der Waals surface area contributed by atoms with Crippen molar-refractivity contribution in [2.75, 3.05) is 4.90 Å². The molecule has 0 fully saturated rings. The molecule has 0 aliphatic heterocycles. The highest BCUT2D eigenvalue weighted by molar-refractivity contribution is 6.22. The summed E-state index contributed by atoms with van der Waals surface area (Å²) < 4.78 is 7.24.